The molecule has 184 valence electrons. The molecular weight excluding hydrogens is 527 g/mol. The summed E-state index contributed by atoms with van der Waals surface area (Å²) >= 11 is 13.5. The Morgan fingerprint density at radius 2 is 1.80 bits per heavy atom. The molecule has 7 nitrogen and oxygen atoms in total. The van der Waals surface area contributed by atoms with Crippen molar-refractivity contribution in [1.29, 1.82) is 0 Å². The Labute approximate surface area is 218 Å². The summed E-state index contributed by atoms with van der Waals surface area (Å²) in [4.78, 5) is 19.7. The lowest BCUT2D eigenvalue weighted by Gasteiger charge is -2.20. The number of thiazole rings is 1. The van der Waals surface area contributed by atoms with Gasteiger partial charge in [-0.1, -0.05) is 34.5 Å². The molecule has 0 N–H and O–H groups in total. The van der Waals surface area contributed by atoms with Crippen LogP contribution in [0.15, 0.2) is 47.4 Å². The molecule has 4 rings (SSSR count). The molecule has 2 heterocycles. The third kappa shape index (κ3) is 5.69. The van der Waals surface area contributed by atoms with E-state index in [1.807, 2.05) is 43.7 Å². The SMILES string of the molecule is Cc1cc(C)n(CCN(C(=O)CCS(=O)(=O)c2ccc(Cl)cc2)c2nc3c(C)c(Cl)ccc3s2)n1. The molecule has 0 aliphatic heterocycles. The fourth-order valence-electron chi connectivity index (χ4n) is 3.74. The third-order valence-corrected chi connectivity index (χ3v) is 9.10. The second-order valence-corrected chi connectivity index (χ2v) is 12.2. The second-order valence-electron chi connectivity index (χ2n) is 8.23. The minimum atomic E-state index is -3.65. The number of benzene rings is 2. The predicted octanol–water partition coefficient (Wildman–Crippen LogP) is 5.62. The van der Waals surface area contributed by atoms with Crippen molar-refractivity contribution in [2.75, 3.05) is 17.2 Å². The van der Waals surface area contributed by atoms with Crippen molar-refractivity contribution in [2.45, 2.75) is 38.6 Å². The maximum atomic E-state index is 13.4. The molecule has 0 aliphatic rings. The number of rotatable bonds is 8. The molecule has 0 aliphatic carbocycles. The fourth-order valence-corrected chi connectivity index (χ4v) is 6.32. The van der Waals surface area contributed by atoms with E-state index >= 15 is 0 Å². The van der Waals surface area contributed by atoms with Gasteiger partial charge < -0.3 is 0 Å². The van der Waals surface area contributed by atoms with Crippen LogP contribution in [0.2, 0.25) is 10.0 Å². The topological polar surface area (TPSA) is 85.2 Å². The van der Waals surface area contributed by atoms with E-state index in [-0.39, 0.29) is 23.0 Å². The smallest absolute Gasteiger partial charge is 0.229 e. The standard InChI is InChI=1S/C24H24Cl2N4O3S2/c1-15-14-16(2)30(28-15)12-11-29(24-27-23-17(3)20(26)8-9-21(23)34-24)22(31)10-13-35(32,33)19-6-4-18(25)5-7-19/h4-9,14H,10-13H2,1-3H3. The predicted molar refractivity (Wildman–Crippen MR) is 142 cm³/mol. The molecule has 35 heavy (non-hydrogen) atoms. The highest BCUT2D eigenvalue weighted by Crippen LogP contribution is 2.34. The minimum Gasteiger partial charge on any atom is -0.286 e. The van der Waals surface area contributed by atoms with Crippen molar-refractivity contribution in [2.24, 2.45) is 0 Å². The average Bonchev–Trinajstić information content (AvgIpc) is 3.38. The highest BCUT2D eigenvalue weighted by Gasteiger charge is 2.24. The van der Waals surface area contributed by atoms with Gasteiger partial charge in [-0.3, -0.25) is 14.4 Å². The monoisotopic (exact) mass is 550 g/mol. The molecule has 1 amide bonds. The molecular formula is C24H24Cl2N4O3S2. The largest absolute Gasteiger partial charge is 0.286 e. The first kappa shape index (κ1) is 25.6. The minimum absolute atomic E-state index is 0.133. The summed E-state index contributed by atoms with van der Waals surface area (Å²) in [6.45, 7) is 6.50. The van der Waals surface area contributed by atoms with Crippen LogP contribution in [-0.4, -0.2) is 41.4 Å². The molecule has 0 bridgehead atoms. The fraction of sp³-hybridized carbons (Fsp3) is 0.292. The number of sulfone groups is 1. The first-order chi connectivity index (χ1) is 16.5. The van der Waals surface area contributed by atoms with Crippen molar-refractivity contribution in [3.63, 3.8) is 0 Å². The molecule has 0 saturated carbocycles. The summed E-state index contributed by atoms with van der Waals surface area (Å²) in [6, 6.07) is 11.6. The van der Waals surface area contributed by atoms with Gasteiger partial charge in [-0.2, -0.15) is 5.10 Å². The van der Waals surface area contributed by atoms with Crippen molar-refractivity contribution in [1.82, 2.24) is 14.8 Å². The summed E-state index contributed by atoms with van der Waals surface area (Å²) in [5.41, 5.74) is 3.44. The summed E-state index contributed by atoms with van der Waals surface area (Å²) in [5.74, 6) is -0.647. The van der Waals surface area contributed by atoms with Gasteiger partial charge in [-0.05, 0) is 68.8 Å². The highest BCUT2D eigenvalue weighted by atomic mass is 35.5. The summed E-state index contributed by atoms with van der Waals surface area (Å²) in [7, 11) is -3.65. The van der Waals surface area contributed by atoms with Crippen LogP contribution in [0.3, 0.4) is 0 Å². The number of anilines is 1. The summed E-state index contributed by atoms with van der Waals surface area (Å²) in [6.07, 6.45) is -0.183. The average molecular weight is 552 g/mol. The number of fused-ring (bicyclic) bond motifs is 1. The molecule has 0 spiro atoms. The lowest BCUT2D eigenvalue weighted by molar-refractivity contribution is -0.118. The number of hydrogen-bond donors (Lipinski definition) is 0. The van der Waals surface area contributed by atoms with Crippen molar-refractivity contribution in [3.8, 4) is 0 Å². The van der Waals surface area contributed by atoms with Gasteiger partial charge in [0.15, 0.2) is 15.0 Å². The Kier molecular flexibility index (Phi) is 7.51. The van der Waals surface area contributed by atoms with E-state index in [0.717, 1.165) is 27.2 Å². The number of aryl methyl sites for hydroxylation is 3. The van der Waals surface area contributed by atoms with Gasteiger partial charge in [0.25, 0.3) is 0 Å². The van der Waals surface area contributed by atoms with Crippen molar-refractivity contribution >= 4 is 65.6 Å². The van der Waals surface area contributed by atoms with Gasteiger partial charge in [0.05, 0.1) is 33.1 Å². The third-order valence-electron chi connectivity index (χ3n) is 5.66. The van der Waals surface area contributed by atoms with Crippen LogP contribution >= 0.6 is 34.5 Å². The number of carbonyl (C=O) groups is 1. The van der Waals surface area contributed by atoms with E-state index in [2.05, 4.69) is 5.10 Å². The van der Waals surface area contributed by atoms with Gasteiger partial charge >= 0.3 is 0 Å². The quantitative estimate of drug-likeness (QED) is 0.284. The number of aromatic nitrogens is 3. The zero-order valence-electron chi connectivity index (χ0n) is 19.5. The van der Waals surface area contributed by atoms with E-state index in [0.29, 0.717) is 28.3 Å². The van der Waals surface area contributed by atoms with Crippen LogP contribution in [0.4, 0.5) is 5.13 Å². The van der Waals surface area contributed by atoms with Crippen LogP contribution in [0, 0.1) is 20.8 Å². The first-order valence-corrected chi connectivity index (χ1v) is 14.1. The Hall–Kier alpha value is -2.46. The summed E-state index contributed by atoms with van der Waals surface area (Å²) < 4.78 is 28.3. The van der Waals surface area contributed by atoms with E-state index in [1.165, 1.54) is 35.6 Å². The van der Waals surface area contributed by atoms with Gasteiger partial charge in [0.1, 0.15) is 0 Å². The second kappa shape index (κ2) is 10.3. The van der Waals surface area contributed by atoms with E-state index in [1.54, 1.807) is 4.90 Å². The number of amides is 1. The Morgan fingerprint density at radius 3 is 2.46 bits per heavy atom. The zero-order valence-corrected chi connectivity index (χ0v) is 22.6. The maximum absolute atomic E-state index is 13.4. The maximum Gasteiger partial charge on any atom is 0.229 e. The van der Waals surface area contributed by atoms with E-state index in [4.69, 9.17) is 28.2 Å². The Morgan fingerprint density at radius 1 is 1.09 bits per heavy atom. The number of carbonyl (C=O) groups excluding carboxylic acids is 1. The zero-order chi connectivity index (χ0) is 25.3. The molecule has 2 aromatic carbocycles. The molecule has 0 saturated heterocycles. The first-order valence-electron chi connectivity index (χ1n) is 10.9. The Balaban J connectivity index is 1.60. The molecule has 0 unspecified atom stereocenters. The molecule has 0 atom stereocenters. The number of nitrogens with zero attached hydrogens (tertiary/aromatic N) is 4. The van der Waals surface area contributed by atoms with E-state index in [9.17, 15) is 13.2 Å². The highest BCUT2D eigenvalue weighted by molar-refractivity contribution is 7.91. The van der Waals surface area contributed by atoms with Crippen LogP contribution in [-0.2, 0) is 21.2 Å². The van der Waals surface area contributed by atoms with Crippen LogP contribution in [0.1, 0.15) is 23.4 Å². The summed E-state index contributed by atoms with van der Waals surface area (Å²) in [5, 5.41) is 6.02. The van der Waals surface area contributed by atoms with Gasteiger partial charge in [0, 0.05) is 28.7 Å². The van der Waals surface area contributed by atoms with Crippen molar-refractivity contribution < 1.29 is 13.2 Å². The van der Waals surface area contributed by atoms with Crippen LogP contribution in [0.25, 0.3) is 10.2 Å². The van der Waals surface area contributed by atoms with Crippen LogP contribution in [0.5, 0.6) is 0 Å². The molecule has 0 fully saturated rings. The van der Waals surface area contributed by atoms with Gasteiger partial charge in [0.2, 0.25) is 5.91 Å². The van der Waals surface area contributed by atoms with Gasteiger partial charge in [-0.25, -0.2) is 13.4 Å². The normalized spacial score (nSPS) is 11.8. The van der Waals surface area contributed by atoms with E-state index < -0.39 is 9.84 Å². The molecule has 11 heteroatoms. The van der Waals surface area contributed by atoms with Crippen LogP contribution < -0.4 is 4.90 Å². The molecule has 2 aromatic heterocycles. The van der Waals surface area contributed by atoms with Crippen molar-refractivity contribution in [3.05, 3.63) is 69.5 Å². The van der Waals surface area contributed by atoms with Gasteiger partial charge in [-0.15, -0.1) is 0 Å². The number of halogens is 2. The molecule has 4 aromatic rings. The lowest BCUT2D eigenvalue weighted by Crippen LogP contribution is -2.35. The number of hydrogen-bond acceptors (Lipinski definition) is 6. The Bertz CT molecular complexity index is 1500. The lowest BCUT2D eigenvalue weighted by atomic mass is 10.2. The molecule has 0 radical (unpaired) electrons.